The molecule has 12 nitrogen and oxygen atoms in total. The number of esters is 2. The number of thiazole rings is 2. The number of H-pyrrole nitrogens is 1. The van der Waals surface area contributed by atoms with Gasteiger partial charge in [-0.05, 0) is 55.1 Å². The first-order valence-electron chi connectivity index (χ1n) is 18.8. The molecule has 6 rings (SSSR count). The molecule has 2 aliphatic heterocycles. The minimum Gasteiger partial charge on any atom is -0.449 e. The van der Waals surface area contributed by atoms with Crippen molar-refractivity contribution in [3.05, 3.63) is 78.3 Å². The van der Waals surface area contributed by atoms with E-state index in [-0.39, 0.29) is 47.2 Å². The molecule has 0 aliphatic carbocycles. The van der Waals surface area contributed by atoms with E-state index in [1.165, 1.54) is 23.5 Å². The Labute approximate surface area is 349 Å². The van der Waals surface area contributed by atoms with Crippen LogP contribution in [0.25, 0.3) is 10.2 Å². The Morgan fingerprint density at radius 3 is 2.33 bits per heavy atom. The summed E-state index contributed by atoms with van der Waals surface area (Å²) in [6, 6.07) is 5.34. The van der Waals surface area contributed by atoms with Crippen LogP contribution in [0.5, 0.6) is 5.75 Å². The Morgan fingerprint density at radius 1 is 0.984 bits per heavy atom. The Bertz CT molecular complexity index is 2300. The molecule has 2 aliphatic rings. The number of benzene rings is 2. The van der Waals surface area contributed by atoms with E-state index in [1.54, 1.807) is 10.3 Å². The number of likely N-dealkylation sites (tertiary alicyclic amines) is 1. The molecule has 0 saturated carbocycles. The maximum absolute atomic E-state index is 14.2. The number of hydrogen-bond acceptors (Lipinski definition) is 12. The van der Waals surface area contributed by atoms with Gasteiger partial charge in [0.05, 0.1) is 34.0 Å². The fourth-order valence-electron chi connectivity index (χ4n) is 7.13. The molecule has 332 valence electrons. The van der Waals surface area contributed by atoms with Gasteiger partial charge in [0.25, 0.3) is 5.91 Å². The van der Waals surface area contributed by atoms with E-state index in [2.05, 4.69) is 29.7 Å². The van der Waals surface area contributed by atoms with Gasteiger partial charge < -0.3 is 29.4 Å². The highest BCUT2D eigenvalue weighted by Crippen LogP contribution is 2.37. The number of rotatable bonds is 12. The van der Waals surface area contributed by atoms with E-state index in [0.29, 0.717) is 68.2 Å². The summed E-state index contributed by atoms with van der Waals surface area (Å²) in [4.78, 5) is 58.4. The second-order valence-electron chi connectivity index (χ2n) is 14.9. The molecule has 2 fully saturated rings. The van der Waals surface area contributed by atoms with E-state index in [4.69, 9.17) is 4.74 Å². The lowest BCUT2D eigenvalue weighted by molar-refractivity contribution is -0.205. The van der Waals surface area contributed by atoms with Crippen molar-refractivity contribution < 1.29 is 68.1 Å². The van der Waals surface area contributed by atoms with Crippen LogP contribution >= 0.6 is 22.7 Å². The number of halogens is 9. The van der Waals surface area contributed by atoms with Gasteiger partial charge in [0.2, 0.25) is 0 Å². The smallest absolute Gasteiger partial charge is 0.449 e. The Balaban J connectivity index is 1.12. The standard InChI is InChI=1S/C38H38F9N5O7S2/c1-20(2)30-49-25(18-60-30)31(53)52-13-14-57-35(19-52)8-11-51(12-9-35)17-21-3-5-24(36(39,40)41)22(15-21)7-10-48-16-27(59-33(55)38(45,46)47)23-4-6-26(58-32(54)37(42,43)44)28-29(23)61-34(56)50-28/h3-6,15,18,20,27,48H,7-14,16-17,19H2,1-2H3,(H,50,56)/t27-/m0/s1. The molecule has 23 heteroatoms. The number of nitrogens with zero attached hydrogens (tertiary/aromatic N) is 3. The number of fused-ring (bicyclic) bond motifs is 1. The minimum absolute atomic E-state index is 0.135. The molecule has 1 spiro atoms. The normalized spacial score (nSPS) is 17.0. The molecule has 61 heavy (non-hydrogen) atoms. The number of nitrogens with one attached hydrogen (secondary N) is 2. The van der Waals surface area contributed by atoms with E-state index in [9.17, 15) is 58.7 Å². The molecular formula is C38H38F9N5O7S2. The first kappa shape index (κ1) is 45.9. The van der Waals surface area contributed by atoms with Gasteiger partial charge in [0.1, 0.15) is 17.3 Å². The average molecular weight is 912 g/mol. The highest BCUT2D eigenvalue weighted by atomic mass is 32.1. The van der Waals surface area contributed by atoms with Crippen molar-refractivity contribution in [2.75, 3.05) is 45.9 Å². The van der Waals surface area contributed by atoms with Crippen molar-refractivity contribution in [1.82, 2.24) is 25.1 Å². The summed E-state index contributed by atoms with van der Waals surface area (Å²) in [6.45, 7) is 5.56. The first-order valence-corrected chi connectivity index (χ1v) is 20.5. The van der Waals surface area contributed by atoms with Crippen molar-refractivity contribution in [3.8, 4) is 5.75 Å². The summed E-state index contributed by atoms with van der Waals surface area (Å²) in [6.07, 6.45) is -16.7. The van der Waals surface area contributed by atoms with Crippen LogP contribution in [0.2, 0.25) is 0 Å². The average Bonchev–Trinajstić information content (AvgIpc) is 3.84. The molecule has 4 aromatic rings. The van der Waals surface area contributed by atoms with Crippen molar-refractivity contribution >= 4 is 50.7 Å². The molecule has 2 N–H and O–H groups in total. The van der Waals surface area contributed by atoms with Gasteiger partial charge in [-0.3, -0.25) is 14.5 Å². The quantitative estimate of drug-likeness (QED) is 0.0652. The molecule has 2 aromatic carbocycles. The zero-order chi connectivity index (χ0) is 44.5. The monoisotopic (exact) mass is 911 g/mol. The van der Waals surface area contributed by atoms with Crippen LogP contribution in [-0.2, 0) is 38.2 Å². The molecule has 0 unspecified atom stereocenters. The maximum Gasteiger partial charge on any atom is 0.491 e. The highest BCUT2D eigenvalue weighted by molar-refractivity contribution is 7.16. The first-order chi connectivity index (χ1) is 28.5. The van der Waals surface area contributed by atoms with Gasteiger partial charge in [-0.15, -0.1) is 11.3 Å². The van der Waals surface area contributed by atoms with Crippen LogP contribution in [0, 0.1) is 0 Å². The minimum atomic E-state index is -5.50. The third kappa shape index (κ3) is 11.1. The van der Waals surface area contributed by atoms with Gasteiger partial charge in [-0.2, -0.15) is 39.5 Å². The van der Waals surface area contributed by atoms with Crippen LogP contribution in [0.1, 0.15) is 76.5 Å². The lowest BCUT2D eigenvalue weighted by Crippen LogP contribution is -2.58. The Morgan fingerprint density at radius 2 is 1.69 bits per heavy atom. The van der Waals surface area contributed by atoms with Gasteiger partial charge in [-0.1, -0.05) is 37.3 Å². The SMILES string of the molecule is CC(C)c1nc(C(=O)N2CCOC3(CCN(Cc4ccc(C(F)(F)F)c(CCNC[C@H](OC(=O)C(F)(F)F)c5ccc(OC(=O)C(F)(F)F)c6[nH]c(=O)sc56)c4)CC3)C2)cs1. The number of carbonyl (C=O) groups is 3. The van der Waals surface area contributed by atoms with Crippen molar-refractivity contribution in [2.45, 2.75) is 75.8 Å². The molecule has 1 amide bonds. The number of aromatic amines is 1. The number of aromatic nitrogens is 2. The second kappa shape index (κ2) is 18.0. The summed E-state index contributed by atoms with van der Waals surface area (Å²) in [7, 11) is 0. The lowest BCUT2D eigenvalue weighted by atomic mass is 9.89. The zero-order valence-electron chi connectivity index (χ0n) is 32.3. The van der Waals surface area contributed by atoms with Gasteiger partial charge >= 0.3 is 35.3 Å². The van der Waals surface area contributed by atoms with Crippen LogP contribution < -0.4 is 14.9 Å². The van der Waals surface area contributed by atoms with Crippen LogP contribution in [0.15, 0.2) is 40.5 Å². The predicted octanol–water partition coefficient (Wildman–Crippen LogP) is 7.14. The van der Waals surface area contributed by atoms with Crippen molar-refractivity contribution in [2.24, 2.45) is 0 Å². The topological polar surface area (TPSA) is 143 Å². The largest absolute Gasteiger partial charge is 0.491 e. The fourth-order valence-corrected chi connectivity index (χ4v) is 8.85. The fraction of sp³-hybridized carbons (Fsp3) is 0.500. The molecule has 4 heterocycles. The second-order valence-corrected chi connectivity index (χ2v) is 16.7. The zero-order valence-corrected chi connectivity index (χ0v) is 33.9. The van der Waals surface area contributed by atoms with Crippen molar-refractivity contribution in [3.63, 3.8) is 0 Å². The molecule has 1 atom stereocenters. The third-order valence-corrected chi connectivity index (χ3v) is 12.2. The summed E-state index contributed by atoms with van der Waals surface area (Å²) < 4.78 is 136. The summed E-state index contributed by atoms with van der Waals surface area (Å²) >= 11 is 1.75. The van der Waals surface area contributed by atoms with E-state index >= 15 is 0 Å². The number of amides is 1. The van der Waals surface area contributed by atoms with Crippen LogP contribution in [0.3, 0.4) is 0 Å². The van der Waals surface area contributed by atoms with Gasteiger partial charge in [0.15, 0.2) is 5.75 Å². The number of ether oxygens (including phenoxy) is 3. The molecular weight excluding hydrogens is 874 g/mol. The number of alkyl halides is 9. The third-order valence-electron chi connectivity index (χ3n) is 10.2. The van der Waals surface area contributed by atoms with Gasteiger partial charge in [0, 0.05) is 49.6 Å². The number of morpholine rings is 1. The predicted molar refractivity (Wildman–Crippen MR) is 202 cm³/mol. The number of carbonyl (C=O) groups excluding carboxylic acids is 3. The molecule has 2 aromatic heterocycles. The molecule has 0 bridgehead atoms. The summed E-state index contributed by atoms with van der Waals surface area (Å²) in [5.41, 5.74) is -1.51. The highest BCUT2D eigenvalue weighted by Gasteiger charge is 2.45. The van der Waals surface area contributed by atoms with Crippen LogP contribution in [0.4, 0.5) is 39.5 Å². The maximum atomic E-state index is 14.2. The van der Waals surface area contributed by atoms with Crippen LogP contribution in [-0.4, -0.2) is 101 Å². The van der Waals surface area contributed by atoms with E-state index < -0.39 is 70.4 Å². The van der Waals surface area contributed by atoms with E-state index in [1.807, 2.05) is 13.8 Å². The Kier molecular flexibility index (Phi) is 13.6. The van der Waals surface area contributed by atoms with Gasteiger partial charge in [-0.25, -0.2) is 14.6 Å². The molecule has 2 saturated heterocycles. The molecule has 0 radical (unpaired) electrons. The summed E-state index contributed by atoms with van der Waals surface area (Å²) in [5.74, 6) is -6.07. The lowest BCUT2D eigenvalue weighted by Gasteiger charge is -2.47. The Hall–Kier alpha value is -4.58. The number of hydrogen-bond donors (Lipinski definition) is 2. The van der Waals surface area contributed by atoms with Crippen molar-refractivity contribution in [1.29, 1.82) is 0 Å². The summed E-state index contributed by atoms with van der Waals surface area (Å²) in [5, 5.41) is 5.31. The number of piperidine rings is 1. The van der Waals surface area contributed by atoms with E-state index in [0.717, 1.165) is 23.2 Å².